The fourth-order valence-corrected chi connectivity index (χ4v) is 2.09. The van der Waals surface area contributed by atoms with Crippen LogP contribution in [0.1, 0.15) is 26.3 Å². The lowest BCUT2D eigenvalue weighted by Gasteiger charge is -2.19. The zero-order chi connectivity index (χ0) is 14.0. The molecule has 0 aliphatic carbocycles. The summed E-state index contributed by atoms with van der Waals surface area (Å²) >= 11 is 0. The second kappa shape index (κ2) is 4.96. The predicted molar refractivity (Wildman–Crippen MR) is 76.1 cm³/mol. The van der Waals surface area contributed by atoms with Gasteiger partial charge in [-0.25, -0.2) is 0 Å². The molecule has 1 heterocycles. The highest BCUT2D eigenvalue weighted by atomic mass is 16.5. The monoisotopic (exact) mass is 260 g/mol. The number of benzene rings is 1. The summed E-state index contributed by atoms with van der Waals surface area (Å²) < 4.78 is 10.6. The van der Waals surface area contributed by atoms with Crippen molar-refractivity contribution in [2.24, 2.45) is 5.41 Å². The van der Waals surface area contributed by atoms with Gasteiger partial charge >= 0.3 is 0 Å². The van der Waals surface area contributed by atoms with Crippen LogP contribution in [0.15, 0.2) is 28.8 Å². The van der Waals surface area contributed by atoms with Crippen molar-refractivity contribution in [2.45, 2.75) is 27.2 Å². The van der Waals surface area contributed by atoms with E-state index in [1.54, 1.807) is 13.2 Å². The number of ether oxygens (including phenoxy) is 1. The minimum absolute atomic E-state index is 0.228. The van der Waals surface area contributed by atoms with E-state index >= 15 is 0 Å². The molecule has 0 atom stereocenters. The van der Waals surface area contributed by atoms with Gasteiger partial charge in [-0.3, -0.25) is 0 Å². The largest absolute Gasteiger partial charge is 0.496 e. The van der Waals surface area contributed by atoms with Crippen LogP contribution < -0.4 is 10.5 Å². The first-order chi connectivity index (χ1) is 8.89. The van der Waals surface area contributed by atoms with Crippen LogP contribution >= 0.6 is 0 Å². The standard InChI is InChI=1S/C15H20N2O2/c1-15(2,3)9-10-5-6-12(18-4)11(7-10)13-8-14(16)17-19-13/h5-8H,9H2,1-4H3,(H2,16,17). The fraction of sp³-hybridized carbons (Fsp3) is 0.400. The van der Waals surface area contributed by atoms with Crippen LogP contribution in [0, 0.1) is 5.41 Å². The number of rotatable bonds is 3. The molecule has 0 aliphatic rings. The highest BCUT2D eigenvalue weighted by Gasteiger charge is 2.16. The van der Waals surface area contributed by atoms with Crippen LogP contribution in [0.3, 0.4) is 0 Å². The molecule has 4 heteroatoms. The molecular formula is C15H20N2O2. The summed E-state index contributed by atoms with van der Waals surface area (Å²) in [6, 6.07) is 7.81. The van der Waals surface area contributed by atoms with Crippen LogP contribution in [0.2, 0.25) is 0 Å². The molecule has 0 aliphatic heterocycles. The lowest BCUT2D eigenvalue weighted by Crippen LogP contribution is -2.09. The number of nitrogen functional groups attached to an aromatic ring is 1. The minimum atomic E-state index is 0.228. The molecule has 0 unspecified atom stereocenters. The number of methoxy groups -OCH3 is 1. The maximum Gasteiger partial charge on any atom is 0.172 e. The molecule has 0 fully saturated rings. The molecule has 0 spiro atoms. The Morgan fingerprint density at radius 3 is 2.53 bits per heavy atom. The van der Waals surface area contributed by atoms with Gasteiger partial charge in [-0.2, -0.15) is 0 Å². The second-order valence-corrected chi connectivity index (χ2v) is 5.89. The van der Waals surface area contributed by atoms with Crippen LogP contribution in [-0.2, 0) is 6.42 Å². The molecule has 1 aromatic heterocycles. The van der Waals surface area contributed by atoms with Crippen LogP contribution in [0.25, 0.3) is 11.3 Å². The number of aromatic nitrogens is 1. The van der Waals surface area contributed by atoms with Gasteiger partial charge < -0.3 is 15.0 Å². The van der Waals surface area contributed by atoms with Gasteiger partial charge in [-0.1, -0.05) is 32.0 Å². The fourth-order valence-electron chi connectivity index (χ4n) is 2.09. The zero-order valence-corrected chi connectivity index (χ0v) is 11.9. The first-order valence-corrected chi connectivity index (χ1v) is 6.28. The lowest BCUT2D eigenvalue weighted by molar-refractivity contribution is 0.402. The molecule has 0 radical (unpaired) electrons. The number of anilines is 1. The first kappa shape index (κ1) is 13.5. The highest BCUT2D eigenvalue weighted by Crippen LogP contribution is 2.33. The molecule has 0 amide bonds. The van der Waals surface area contributed by atoms with Gasteiger partial charge in [0, 0.05) is 6.07 Å². The number of nitrogens with zero attached hydrogens (tertiary/aromatic N) is 1. The second-order valence-electron chi connectivity index (χ2n) is 5.89. The van der Waals surface area contributed by atoms with E-state index in [0.717, 1.165) is 17.7 Å². The molecule has 102 valence electrons. The third-order valence-electron chi connectivity index (χ3n) is 2.79. The molecule has 19 heavy (non-hydrogen) atoms. The van der Waals surface area contributed by atoms with Crippen molar-refractivity contribution in [3.05, 3.63) is 29.8 Å². The summed E-state index contributed by atoms with van der Waals surface area (Å²) in [6.45, 7) is 6.63. The van der Waals surface area contributed by atoms with E-state index in [1.165, 1.54) is 5.56 Å². The third-order valence-corrected chi connectivity index (χ3v) is 2.79. The smallest absolute Gasteiger partial charge is 0.172 e. The Kier molecular flexibility index (Phi) is 3.51. The van der Waals surface area contributed by atoms with Crippen LogP contribution in [0.4, 0.5) is 5.82 Å². The SMILES string of the molecule is COc1ccc(CC(C)(C)C)cc1-c1cc(N)no1. The summed E-state index contributed by atoms with van der Waals surface area (Å²) in [7, 11) is 1.64. The quantitative estimate of drug-likeness (QED) is 0.917. The summed E-state index contributed by atoms with van der Waals surface area (Å²) in [5.41, 5.74) is 7.95. The Morgan fingerprint density at radius 2 is 2.00 bits per heavy atom. The molecule has 0 bridgehead atoms. The van der Waals surface area contributed by atoms with Crippen molar-refractivity contribution in [1.82, 2.24) is 5.16 Å². The average Bonchev–Trinajstić information content (AvgIpc) is 2.73. The summed E-state index contributed by atoms with van der Waals surface area (Å²) in [5, 5.41) is 3.72. The van der Waals surface area contributed by atoms with E-state index in [4.69, 9.17) is 15.0 Å². The Hall–Kier alpha value is -1.97. The predicted octanol–water partition coefficient (Wildman–Crippen LogP) is 3.52. The van der Waals surface area contributed by atoms with Crippen molar-refractivity contribution in [3.63, 3.8) is 0 Å². The van der Waals surface area contributed by atoms with Gasteiger partial charge in [0.2, 0.25) is 0 Å². The van der Waals surface area contributed by atoms with Gasteiger partial charge in [0.1, 0.15) is 5.75 Å². The van der Waals surface area contributed by atoms with E-state index in [9.17, 15) is 0 Å². The molecule has 2 N–H and O–H groups in total. The van der Waals surface area contributed by atoms with Gasteiger partial charge in [0.05, 0.1) is 12.7 Å². The van der Waals surface area contributed by atoms with Gasteiger partial charge in [0.25, 0.3) is 0 Å². The molecule has 2 rings (SSSR count). The normalized spacial score (nSPS) is 11.6. The van der Waals surface area contributed by atoms with Crippen LogP contribution in [-0.4, -0.2) is 12.3 Å². The van der Waals surface area contributed by atoms with Crippen LogP contribution in [0.5, 0.6) is 5.75 Å². The minimum Gasteiger partial charge on any atom is -0.496 e. The highest BCUT2D eigenvalue weighted by molar-refractivity contribution is 5.68. The molecular weight excluding hydrogens is 240 g/mol. The van der Waals surface area contributed by atoms with E-state index in [0.29, 0.717) is 11.6 Å². The Labute approximate surface area is 113 Å². The van der Waals surface area contributed by atoms with Gasteiger partial charge in [-0.15, -0.1) is 0 Å². The van der Waals surface area contributed by atoms with Crippen molar-refractivity contribution in [3.8, 4) is 17.1 Å². The number of hydrogen-bond donors (Lipinski definition) is 1. The molecule has 0 saturated heterocycles. The number of hydrogen-bond acceptors (Lipinski definition) is 4. The molecule has 0 saturated carbocycles. The van der Waals surface area contributed by atoms with E-state index < -0.39 is 0 Å². The topological polar surface area (TPSA) is 61.3 Å². The summed E-state index contributed by atoms with van der Waals surface area (Å²) in [5.74, 6) is 1.76. The van der Waals surface area contributed by atoms with E-state index in [1.807, 2.05) is 6.07 Å². The Morgan fingerprint density at radius 1 is 1.26 bits per heavy atom. The first-order valence-electron chi connectivity index (χ1n) is 6.28. The van der Waals surface area contributed by atoms with Gasteiger partial charge in [0.15, 0.2) is 11.6 Å². The average molecular weight is 260 g/mol. The van der Waals surface area contributed by atoms with Crippen molar-refractivity contribution < 1.29 is 9.26 Å². The zero-order valence-electron chi connectivity index (χ0n) is 11.9. The summed E-state index contributed by atoms with van der Waals surface area (Å²) in [4.78, 5) is 0. The van der Waals surface area contributed by atoms with Crippen molar-refractivity contribution in [1.29, 1.82) is 0 Å². The summed E-state index contributed by atoms with van der Waals surface area (Å²) in [6.07, 6.45) is 0.980. The maximum atomic E-state index is 5.60. The lowest BCUT2D eigenvalue weighted by atomic mass is 9.87. The maximum absolute atomic E-state index is 5.60. The molecule has 1 aromatic carbocycles. The number of nitrogens with two attached hydrogens (primary N) is 1. The molecule has 4 nitrogen and oxygen atoms in total. The van der Waals surface area contributed by atoms with Gasteiger partial charge in [-0.05, 0) is 29.5 Å². The van der Waals surface area contributed by atoms with E-state index in [2.05, 4.69) is 38.1 Å². The van der Waals surface area contributed by atoms with Crippen molar-refractivity contribution in [2.75, 3.05) is 12.8 Å². The Bertz CT molecular complexity index is 568. The van der Waals surface area contributed by atoms with Crippen molar-refractivity contribution >= 4 is 5.82 Å². The van der Waals surface area contributed by atoms with E-state index in [-0.39, 0.29) is 5.41 Å². The third kappa shape index (κ3) is 3.28. The molecule has 2 aromatic rings. The Balaban J connectivity index is 2.42.